The van der Waals surface area contributed by atoms with Crippen LogP contribution < -0.4 is 5.32 Å². The third kappa shape index (κ3) is 4.58. The number of anilines is 1. The number of benzene rings is 3. The Labute approximate surface area is 169 Å². The quantitative estimate of drug-likeness (QED) is 0.514. The summed E-state index contributed by atoms with van der Waals surface area (Å²) in [5.41, 5.74) is 6.24. The van der Waals surface area contributed by atoms with Crippen molar-refractivity contribution in [3.8, 4) is 22.6 Å². The fourth-order valence-corrected chi connectivity index (χ4v) is 3.28. The van der Waals surface area contributed by atoms with Gasteiger partial charge in [0.15, 0.2) is 0 Å². The van der Waals surface area contributed by atoms with Crippen LogP contribution >= 0.6 is 0 Å². The Hall–Kier alpha value is -3.73. The van der Waals surface area contributed by atoms with Crippen LogP contribution in [0.2, 0.25) is 0 Å². The van der Waals surface area contributed by atoms with Crippen LogP contribution in [-0.4, -0.2) is 16.1 Å². The molecule has 29 heavy (non-hydrogen) atoms. The van der Waals surface area contributed by atoms with E-state index in [1.165, 1.54) is 0 Å². The zero-order valence-electron chi connectivity index (χ0n) is 16.3. The molecule has 0 aliphatic rings. The Balaban J connectivity index is 1.41. The minimum absolute atomic E-state index is 0.102. The summed E-state index contributed by atoms with van der Waals surface area (Å²) in [4.78, 5) is 12.4. The molecule has 5 nitrogen and oxygen atoms in total. The topological polar surface area (TPSA) is 68.0 Å². The SMILES string of the molecule is Cc1cc(C)cc(-c2nnc(NC(=O)Cc3ccc(-c4ccccc4)cc3)o2)c1. The van der Waals surface area contributed by atoms with Crippen molar-refractivity contribution in [2.75, 3.05) is 5.32 Å². The smallest absolute Gasteiger partial charge is 0.322 e. The van der Waals surface area contributed by atoms with Crippen molar-refractivity contribution in [2.45, 2.75) is 20.3 Å². The molecule has 0 aliphatic heterocycles. The summed E-state index contributed by atoms with van der Waals surface area (Å²) in [5, 5.41) is 10.7. The molecule has 144 valence electrons. The Kier molecular flexibility index (Phi) is 5.20. The first kappa shape index (κ1) is 18.6. The number of hydrogen-bond acceptors (Lipinski definition) is 4. The van der Waals surface area contributed by atoms with E-state index in [4.69, 9.17) is 4.42 Å². The zero-order chi connectivity index (χ0) is 20.2. The molecule has 0 fully saturated rings. The number of aromatic nitrogens is 2. The Morgan fingerprint density at radius 2 is 1.48 bits per heavy atom. The predicted molar refractivity (Wildman–Crippen MR) is 113 cm³/mol. The van der Waals surface area contributed by atoms with Crippen molar-refractivity contribution >= 4 is 11.9 Å². The summed E-state index contributed by atoms with van der Waals surface area (Å²) in [6, 6.07) is 24.2. The van der Waals surface area contributed by atoms with Gasteiger partial charge in [-0.15, -0.1) is 5.10 Å². The van der Waals surface area contributed by atoms with Gasteiger partial charge in [0.25, 0.3) is 0 Å². The average molecular weight is 383 g/mol. The van der Waals surface area contributed by atoms with Crippen molar-refractivity contribution in [3.05, 3.63) is 89.5 Å². The molecule has 1 aromatic heterocycles. The molecule has 0 spiro atoms. The van der Waals surface area contributed by atoms with Crippen LogP contribution in [-0.2, 0) is 11.2 Å². The van der Waals surface area contributed by atoms with Crippen LogP contribution in [0.3, 0.4) is 0 Å². The summed E-state index contributed by atoms with van der Waals surface area (Å²) in [6.07, 6.45) is 0.232. The highest BCUT2D eigenvalue weighted by Crippen LogP contribution is 2.23. The van der Waals surface area contributed by atoms with Gasteiger partial charge in [0.1, 0.15) is 0 Å². The van der Waals surface area contributed by atoms with Crippen molar-refractivity contribution in [2.24, 2.45) is 0 Å². The van der Waals surface area contributed by atoms with Gasteiger partial charge >= 0.3 is 6.01 Å². The molecular weight excluding hydrogens is 362 g/mol. The van der Waals surface area contributed by atoms with E-state index in [0.717, 1.165) is 33.4 Å². The van der Waals surface area contributed by atoms with Crippen molar-refractivity contribution in [1.29, 1.82) is 0 Å². The third-order valence-corrected chi connectivity index (χ3v) is 4.57. The van der Waals surface area contributed by atoms with Crippen molar-refractivity contribution < 1.29 is 9.21 Å². The minimum atomic E-state index is -0.201. The van der Waals surface area contributed by atoms with E-state index < -0.39 is 0 Å². The number of hydrogen-bond donors (Lipinski definition) is 1. The predicted octanol–water partition coefficient (Wildman–Crippen LogP) is 5.20. The Morgan fingerprint density at radius 1 is 0.828 bits per heavy atom. The number of aryl methyl sites for hydroxylation is 2. The van der Waals surface area contributed by atoms with Gasteiger partial charge in [-0.2, -0.15) is 0 Å². The van der Waals surface area contributed by atoms with Crippen molar-refractivity contribution in [1.82, 2.24) is 10.2 Å². The van der Waals surface area contributed by atoms with Gasteiger partial charge in [-0.05, 0) is 42.7 Å². The second kappa shape index (κ2) is 8.10. The van der Waals surface area contributed by atoms with Crippen LogP contribution in [0, 0.1) is 13.8 Å². The maximum Gasteiger partial charge on any atom is 0.322 e. The molecule has 0 atom stereocenters. The summed E-state index contributed by atoms with van der Waals surface area (Å²) < 4.78 is 5.61. The highest BCUT2D eigenvalue weighted by molar-refractivity contribution is 5.90. The molecule has 0 unspecified atom stereocenters. The summed E-state index contributed by atoms with van der Waals surface area (Å²) >= 11 is 0. The standard InChI is InChI=1S/C24H21N3O2/c1-16-12-17(2)14-21(13-16)23-26-27-24(29-23)25-22(28)15-18-8-10-20(11-9-18)19-6-4-3-5-7-19/h3-14H,15H2,1-2H3,(H,25,27,28). The summed E-state index contributed by atoms with van der Waals surface area (Å²) in [6.45, 7) is 4.03. The molecule has 3 aromatic carbocycles. The van der Waals surface area contributed by atoms with E-state index in [-0.39, 0.29) is 18.3 Å². The fraction of sp³-hybridized carbons (Fsp3) is 0.125. The third-order valence-electron chi connectivity index (χ3n) is 4.57. The molecule has 0 saturated heterocycles. The molecule has 1 heterocycles. The Morgan fingerprint density at radius 3 is 2.17 bits per heavy atom. The number of carbonyl (C=O) groups is 1. The first-order valence-corrected chi connectivity index (χ1v) is 9.43. The van der Waals surface area contributed by atoms with Gasteiger partial charge in [0.2, 0.25) is 11.8 Å². The highest BCUT2D eigenvalue weighted by atomic mass is 16.4. The van der Waals surface area contributed by atoms with Gasteiger partial charge in [-0.1, -0.05) is 76.9 Å². The molecule has 0 aliphatic carbocycles. The number of amides is 1. The number of carbonyl (C=O) groups excluding carboxylic acids is 1. The van der Waals surface area contributed by atoms with E-state index >= 15 is 0 Å². The fourth-order valence-electron chi connectivity index (χ4n) is 3.28. The first-order chi connectivity index (χ1) is 14.1. The second-order valence-corrected chi connectivity index (χ2v) is 7.08. The molecule has 0 saturated carbocycles. The molecule has 0 bridgehead atoms. The average Bonchev–Trinajstić information content (AvgIpc) is 3.17. The molecule has 0 radical (unpaired) electrons. The molecule has 5 heteroatoms. The normalized spacial score (nSPS) is 10.7. The van der Waals surface area contributed by atoms with Gasteiger partial charge < -0.3 is 4.42 Å². The van der Waals surface area contributed by atoms with Crippen LogP contribution in [0.25, 0.3) is 22.6 Å². The van der Waals surface area contributed by atoms with E-state index in [2.05, 4.69) is 33.7 Å². The van der Waals surface area contributed by atoms with E-state index in [0.29, 0.717) is 5.89 Å². The van der Waals surface area contributed by atoms with Gasteiger partial charge in [-0.25, -0.2) is 0 Å². The van der Waals surface area contributed by atoms with E-state index in [1.54, 1.807) is 0 Å². The Bertz CT molecular complexity index is 1110. The molecule has 1 amide bonds. The van der Waals surface area contributed by atoms with Gasteiger partial charge in [0.05, 0.1) is 6.42 Å². The lowest BCUT2D eigenvalue weighted by molar-refractivity contribution is -0.115. The summed E-state index contributed by atoms with van der Waals surface area (Å²) in [5.74, 6) is 0.187. The minimum Gasteiger partial charge on any atom is -0.403 e. The lowest BCUT2D eigenvalue weighted by Gasteiger charge is -2.04. The molecular formula is C24H21N3O2. The van der Waals surface area contributed by atoms with Crippen molar-refractivity contribution in [3.63, 3.8) is 0 Å². The number of nitrogens with one attached hydrogen (secondary N) is 1. The summed E-state index contributed by atoms with van der Waals surface area (Å²) in [7, 11) is 0. The number of nitrogens with zero attached hydrogens (tertiary/aromatic N) is 2. The molecule has 1 N–H and O–H groups in total. The first-order valence-electron chi connectivity index (χ1n) is 9.43. The second-order valence-electron chi connectivity index (χ2n) is 7.08. The highest BCUT2D eigenvalue weighted by Gasteiger charge is 2.12. The zero-order valence-corrected chi connectivity index (χ0v) is 16.3. The lowest BCUT2D eigenvalue weighted by atomic mass is 10.0. The lowest BCUT2D eigenvalue weighted by Crippen LogP contribution is -2.14. The van der Waals surface area contributed by atoms with Crippen LogP contribution in [0.1, 0.15) is 16.7 Å². The van der Waals surface area contributed by atoms with Crippen LogP contribution in [0.4, 0.5) is 6.01 Å². The van der Waals surface area contributed by atoms with Crippen LogP contribution in [0.15, 0.2) is 77.2 Å². The maximum absolute atomic E-state index is 12.4. The van der Waals surface area contributed by atoms with E-state index in [1.807, 2.05) is 68.4 Å². The monoisotopic (exact) mass is 383 g/mol. The largest absolute Gasteiger partial charge is 0.403 e. The van der Waals surface area contributed by atoms with Gasteiger partial charge in [-0.3, -0.25) is 10.1 Å². The molecule has 4 rings (SSSR count). The van der Waals surface area contributed by atoms with Gasteiger partial charge in [0, 0.05) is 5.56 Å². The van der Waals surface area contributed by atoms with Crippen LogP contribution in [0.5, 0.6) is 0 Å². The van der Waals surface area contributed by atoms with E-state index in [9.17, 15) is 4.79 Å². The maximum atomic E-state index is 12.4. The number of rotatable bonds is 5. The molecule has 4 aromatic rings.